The van der Waals surface area contributed by atoms with Crippen LogP contribution in [0.15, 0.2) is 10.6 Å². The van der Waals surface area contributed by atoms with E-state index in [1.54, 1.807) is 11.9 Å². The van der Waals surface area contributed by atoms with Gasteiger partial charge in [0.05, 0.1) is 6.54 Å². The van der Waals surface area contributed by atoms with Gasteiger partial charge in [-0.1, -0.05) is 5.16 Å². The van der Waals surface area contributed by atoms with Crippen molar-refractivity contribution in [3.63, 3.8) is 0 Å². The number of amides is 1. The molecular weight excluding hydrogens is 218 g/mol. The zero-order valence-electron chi connectivity index (χ0n) is 10.8. The van der Waals surface area contributed by atoms with E-state index in [0.717, 1.165) is 24.3 Å². The highest BCUT2D eigenvalue weighted by atomic mass is 16.5. The van der Waals surface area contributed by atoms with Crippen molar-refractivity contribution in [3.05, 3.63) is 17.5 Å². The van der Waals surface area contributed by atoms with Gasteiger partial charge in [0.25, 0.3) is 0 Å². The molecule has 0 aliphatic carbocycles. The highest BCUT2D eigenvalue weighted by molar-refractivity contribution is 5.75. The molecule has 1 heterocycles. The summed E-state index contributed by atoms with van der Waals surface area (Å²) in [5, 5.41) is 3.86. The van der Waals surface area contributed by atoms with Crippen molar-refractivity contribution in [2.45, 2.75) is 45.7 Å². The summed E-state index contributed by atoms with van der Waals surface area (Å²) in [7, 11) is 1.78. The summed E-state index contributed by atoms with van der Waals surface area (Å²) in [5.41, 5.74) is 6.42. The topological polar surface area (TPSA) is 72.4 Å². The molecule has 1 aromatic heterocycles. The van der Waals surface area contributed by atoms with Crippen LogP contribution in [-0.4, -0.2) is 29.1 Å². The fourth-order valence-corrected chi connectivity index (χ4v) is 1.59. The Morgan fingerprint density at radius 2 is 2.35 bits per heavy atom. The van der Waals surface area contributed by atoms with Gasteiger partial charge in [0.1, 0.15) is 11.5 Å². The summed E-state index contributed by atoms with van der Waals surface area (Å²) in [6.45, 7) is 4.28. The second-order valence-corrected chi connectivity index (χ2v) is 4.55. The molecule has 1 atom stereocenters. The fraction of sp³-hybridized carbons (Fsp3) is 0.667. The van der Waals surface area contributed by atoms with Gasteiger partial charge in [-0.15, -0.1) is 0 Å². The normalized spacial score (nSPS) is 12.5. The summed E-state index contributed by atoms with van der Waals surface area (Å²) < 4.78 is 4.95. The van der Waals surface area contributed by atoms with Crippen LogP contribution in [0.2, 0.25) is 0 Å². The first-order chi connectivity index (χ1) is 7.99. The number of carbonyl (C=O) groups excluding carboxylic acids is 1. The van der Waals surface area contributed by atoms with Crippen LogP contribution in [0.5, 0.6) is 0 Å². The van der Waals surface area contributed by atoms with Crippen LogP contribution in [-0.2, 0) is 11.3 Å². The van der Waals surface area contributed by atoms with Crippen LogP contribution in [0.4, 0.5) is 0 Å². The molecule has 0 spiro atoms. The van der Waals surface area contributed by atoms with Crippen molar-refractivity contribution >= 4 is 5.91 Å². The maximum Gasteiger partial charge on any atom is 0.222 e. The first kappa shape index (κ1) is 13.7. The lowest BCUT2D eigenvalue weighted by Crippen LogP contribution is -2.26. The lowest BCUT2D eigenvalue weighted by atomic mass is 10.1. The van der Waals surface area contributed by atoms with E-state index in [-0.39, 0.29) is 11.9 Å². The van der Waals surface area contributed by atoms with Gasteiger partial charge in [-0.25, -0.2) is 0 Å². The van der Waals surface area contributed by atoms with Crippen LogP contribution in [0.1, 0.15) is 37.6 Å². The van der Waals surface area contributed by atoms with Crippen LogP contribution in [0.3, 0.4) is 0 Å². The third kappa shape index (κ3) is 4.99. The summed E-state index contributed by atoms with van der Waals surface area (Å²) in [6.07, 6.45) is 2.25. The molecule has 0 aliphatic heterocycles. The van der Waals surface area contributed by atoms with Crippen molar-refractivity contribution in [1.82, 2.24) is 10.1 Å². The van der Waals surface area contributed by atoms with Crippen molar-refractivity contribution in [2.75, 3.05) is 7.05 Å². The number of nitrogens with zero attached hydrogens (tertiary/aromatic N) is 2. The smallest absolute Gasteiger partial charge is 0.222 e. The number of hydrogen-bond donors (Lipinski definition) is 1. The average molecular weight is 239 g/mol. The van der Waals surface area contributed by atoms with Crippen molar-refractivity contribution in [1.29, 1.82) is 0 Å². The predicted octanol–water partition coefficient (Wildman–Crippen LogP) is 1.46. The van der Waals surface area contributed by atoms with Gasteiger partial charge in [-0.3, -0.25) is 4.79 Å². The first-order valence-electron chi connectivity index (χ1n) is 5.90. The number of aryl methyl sites for hydroxylation is 1. The van der Waals surface area contributed by atoms with Crippen LogP contribution < -0.4 is 5.73 Å². The SMILES string of the molecule is Cc1cc(CN(C)C(=O)CCCC(C)N)no1. The highest BCUT2D eigenvalue weighted by Crippen LogP contribution is 2.07. The van der Waals surface area contributed by atoms with Gasteiger partial charge in [-0.05, 0) is 26.7 Å². The van der Waals surface area contributed by atoms with Gasteiger partial charge in [0.2, 0.25) is 5.91 Å². The molecule has 5 heteroatoms. The lowest BCUT2D eigenvalue weighted by Gasteiger charge is -2.15. The van der Waals surface area contributed by atoms with E-state index in [9.17, 15) is 4.79 Å². The van der Waals surface area contributed by atoms with Crippen molar-refractivity contribution in [3.8, 4) is 0 Å². The zero-order chi connectivity index (χ0) is 12.8. The van der Waals surface area contributed by atoms with E-state index in [1.807, 2.05) is 19.9 Å². The molecular formula is C12H21N3O2. The maximum absolute atomic E-state index is 11.8. The monoisotopic (exact) mass is 239 g/mol. The maximum atomic E-state index is 11.8. The number of carbonyl (C=O) groups is 1. The molecule has 0 aliphatic rings. The lowest BCUT2D eigenvalue weighted by molar-refractivity contribution is -0.130. The summed E-state index contributed by atoms with van der Waals surface area (Å²) in [4.78, 5) is 13.4. The van der Waals surface area contributed by atoms with E-state index < -0.39 is 0 Å². The van der Waals surface area contributed by atoms with Crippen LogP contribution in [0.25, 0.3) is 0 Å². The van der Waals surface area contributed by atoms with Gasteiger partial charge in [-0.2, -0.15) is 0 Å². The Kier molecular flexibility index (Phi) is 5.15. The molecule has 0 saturated carbocycles. The van der Waals surface area contributed by atoms with E-state index in [2.05, 4.69) is 5.16 Å². The highest BCUT2D eigenvalue weighted by Gasteiger charge is 2.11. The standard InChI is InChI=1S/C12H21N3O2/c1-9(13)5-4-6-12(16)15(3)8-11-7-10(2)17-14-11/h7,9H,4-6,8,13H2,1-3H3. The van der Waals surface area contributed by atoms with Gasteiger partial charge in [0.15, 0.2) is 0 Å². The Bertz CT molecular complexity index is 360. The molecule has 0 aromatic carbocycles. The molecule has 1 unspecified atom stereocenters. The second kappa shape index (κ2) is 6.39. The van der Waals surface area contributed by atoms with E-state index in [1.165, 1.54) is 0 Å². The van der Waals surface area contributed by atoms with E-state index in [4.69, 9.17) is 10.3 Å². The summed E-state index contributed by atoms with van der Waals surface area (Å²) >= 11 is 0. The molecule has 2 N–H and O–H groups in total. The molecule has 5 nitrogen and oxygen atoms in total. The number of hydrogen-bond acceptors (Lipinski definition) is 4. The minimum atomic E-state index is 0.117. The van der Waals surface area contributed by atoms with Crippen molar-refractivity contribution < 1.29 is 9.32 Å². The van der Waals surface area contributed by atoms with Gasteiger partial charge < -0.3 is 15.2 Å². The van der Waals surface area contributed by atoms with E-state index in [0.29, 0.717) is 13.0 Å². The largest absolute Gasteiger partial charge is 0.361 e. The zero-order valence-corrected chi connectivity index (χ0v) is 10.8. The van der Waals surface area contributed by atoms with Crippen LogP contribution in [0, 0.1) is 6.92 Å². The average Bonchev–Trinajstić information content (AvgIpc) is 2.63. The Morgan fingerprint density at radius 1 is 1.65 bits per heavy atom. The molecule has 96 valence electrons. The number of rotatable bonds is 6. The fourth-order valence-electron chi connectivity index (χ4n) is 1.59. The minimum Gasteiger partial charge on any atom is -0.361 e. The second-order valence-electron chi connectivity index (χ2n) is 4.55. The van der Waals surface area contributed by atoms with Gasteiger partial charge >= 0.3 is 0 Å². The Hall–Kier alpha value is -1.36. The number of aromatic nitrogens is 1. The molecule has 1 rings (SSSR count). The Labute approximate surface area is 102 Å². The molecule has 0 bridgehead atoms. The Morgan fingerprint density at radius 3 is 2.88 bits per heavy atom. The summed E-state index contributed by atoms with van der Waals surface area (Å²) in [5.74, 6) is 0.879. The van der Waals surface area contributed by atoms with Gasteiger partial charge in [0, 0.05) is 25.6 Å². The molecule has 17 heavy (non-hydrogen) atoms. The predicted molar refractivity (Wildman–Crippen MR) is 65.2 cm³/mol. The molecule has 0 fully saturated rings. The van der Waals surface area contributed by atoms with Crippen LogP contribution >= 0.6 is 0 Å². The third-order valence-electron chi connectivity index (χ3n) is 2.55. The quantitative estimate of drug-likeness (QED) is 0.815. The number of nitrogens with two attached hydrogens (primary N) is 1. The third-order valence-corrected chi connectivity index (χ3v) is 2.55. The van der Waals surface area contributed by atoms with Crippen molar-refractivity contribution in [2.24, 2.45) is 5.73 Å². The first-order valence-corrected chi connectivity index (χ1v) is 5.90. The molecule has 1 amide bonds. The summed E-state index contributed by atoms with van der Waals surface area (Å²) in [6, 6.07) is 2.00. The molecule has 1 aromatic rings. The minimum absolute atomic E-state index is 0.117. The molecule has 0 radical (unpaired) electrons. The Balaban J connectivity index is 2.31. The van der Waals surface area contributed by atoms with E-state index >= 15 is 0 Å². The molecule has 0 saturated heterocycles.